The summed E-state index contributed by atoms with van der Waals surface area (Å²) in [6.07, 6.45) is 7.03. The molecule has 0 unspecified atom stereocenters. The molecule has 0 heterocycles. The molecule has 0 aliphatic carbocycles. The van der Waals surface area contributed by atoms with Crippen LogP contribution in [0.3, 0.4) is 0 Å². The number of rotatable bonds is 16. The molecule has 0 bridgehead atoms. The van der Waals surface area contributed by atoms with Gasteiger partial charge in [0.25, 0.3) is 5.91 Å². The molecule has 0 aliphatic heterocycles. The van der Waals surface area contributed by atoms with Crippen LogP contribution in [0.5, 0.6) is 5.75 Å². The van der Waals surface area contributed by atoms with Crippen molar-refractivity contribution in [1.82, 2.24) is 5.32 Å². The summed E-state index contributed by atoms with van der Waals surface area (Å²) in [5.74, 6) is -0.431. The fourth-order valence-electron chi connectivity index (χ4n) is 3.12. The number of ether oxygens (including phenoxy) is 1. The molecule has 1 aromatic rings. The second-order valence-corrected chi connectivity index (χ2v) is 7.50. The molecule has 9 nitrogen and oxygen atoms in total. The highest BCUT2D eigenvalue weighted by Gasteiger charge is 2.19. The van der Waals surface area contributed by atoms with Gasteiger partial charge in [-0.25, -0.2) is 0 Å². The van der Waals surface area contributed by atoms with Crippen molar-refractivity contribution < 1.29 is 19.1 Å². The average Bonchev–Trinajstić information content (AvgIpc) is 2.78. The van der Waals surface area contributed by atoms with Crippen molar-refractivity contribution in [2.24, 2.45) is 17.2 Å². The summed E-state index contributed by atoms with van der Waals surface area (Å²) in [5, 5.41) is 5.45. The molecular weight excluding hydrogens is 398 g/mol. The Morgan fingerprint density at radius 3 is 2.26 bits per heavy atom. The molecule has 0 aliphatic rings. The number of aldehydes is 1. The Balaban J connectivity index is 2.76. The molecule has 31 heavy (non-hydrogen) atoms. The molecule has 0 radical (unpaired) electrons. The van der Waals surface area contributed by atoms with Gasteiger partial charge in [-0.05, 0) is 57.0 Å². The van der Waals surface area contributed by atoms with Gasteiger partial charge in [-0.3, -0.25) is 9.59 Å². The normalized spacial score (nSPS) is 12.6. The van der Waals surface area contributed by atoms with E-state index in [0.29, 0.717) is 37.4 Å². The number of carbonyl (C=O) groups is 3. The molecule has 0 aromatic heterocycles. The summed E-state index contributed by atoms with van der Waals surface area (Å²) < 4.78 is 5.27. The third-order valence-corrected chi connectivity index (χ3v) is 4.97. The molecule has 1 rings (SSSR count). The first-order valence-corrected chi connectivity index (χ1v) is 10.9. The Bertz CT molecular complexity index is 698. The minimum atomic E-state index is -0.648. The van der Waals surface area contributed by atoms with Crippen LogP contribution in [0.4, 0.5) is 5.69 Å². The van der Waals surface area contributed by atoms with Gasteiger partial charge in [-0.1, -0.05) is 25.7 Å². The first kappa shape index (κ1) is 26.5. The quantitative estimate of drug-likeness (QED) is 0.193. The summed E-state index contributed by atoms with van der Waals surface area (Å²) in [7, 11) is 1.45. The minimum absolute atomic E-state index is 0.227. The fraction of sp³-hybridized carbons (Fsp3) is 0.591. The number of carbonyl (C=O) groups excluding carboxylic acids is 3. The van der Waals surface area contributed by atoms with Gasteiger partial charge in [0, 0.05) is 5.69 Å². The van der Waals surface area contributed by atoms with E-state index in [-0.39, 0.29) is 11.5 Å². The zero-order valence-corrected chi connectivity index (χ0v) is 18.4. The number of methoxy groups -OCH3 is 1. The number of nitrogens with one attached hydrogen (secondary N) is 2. The lowest BCUT2D eigenvalue weighted by molar-refractivity contribution is -0.117. The number of benzene rings is 1. The van der Waals surface area contributed by atoms with Crippen molar-refractivity contribution in [3.63, 3.8) is 0 Å². The smallest absolute Gasteiger partial charge is 0.255 e. The van der Waals surface area contributed by atoms with E-state index in [2.05, 4.69) is 10.6 Å². The lowest BCUT2D eigenvalue weighted by Crippen LogP contribution is -2.37. The Kier molecular flexibility index (Phi) is 13.1. The second kappa shape index (κ2) is 15.3. The Labute approximate surface area is 184 Å². The zero-order valence-electron chi connectivity index (χ0n) is 18.4. The number of amides is 2. The van der Waals surface area contributed by atoms with E-state index in [1.54, 1.807) is 12.1 Å². The van der Waals surface area contributed by atoms with Crippen molar-refractivity contribution in [3.05, 3.63) is 23.8 Å². The van der Waals surface area contributed by atoms with Gasteiger partial charge in [0.1, 0.15) is 12.0 Å². The van der Waals surface area contributed by atoms with Gasteiger partial charge in [0.05, 0.1) is 24.8 Å². The molecular formula is C22H37N5O4. The summed E-state index contributed by atoms with van der Waals surface area (Å²) in [4.78, 5) is 36.5. The molecule has 2 atom stereocenters. The Morgan fingerprint density at radius 1 is 1.03 bits per heavy atom. The number of anilines is 1. The fourth-order valence-corrected chi connectivity index (χ4v) is 3.12. The summed E-state index contributed by atoms with van der Waals surface area (Å²) >= 11 is 0. The molecule has 1 aromatic carbocycles. The van der Waals surface area contributed by atoms with E-state index in [1.165, 1.54) is 13.2 Å². The molecule has 174 valence electrons. The van der Waals surface area contributed by atoms with Crippen LogP contribution in [-0.2, 0) is 9.59 Å². The first-order valence-electron chi connectivity index (χ1n) is 10.9. The molecule has 0 saturated carbocycles. The highest BCUT2D eigenvalue weighted by atomic mass is 16.5. The van der Waals surface area contributed by atoms with E-state index >= 15 is 0 Å². The van der Waals surface area contributed by atoms with Crippen molar-refractivity contribution in [3.8, 4) is 5.75 Å². The average molecular weight is 436 g/mol. The number of hydrogen-bond acceptors (Lipinski definition) is 7. The third-order valence-electron chi connectivity index (χ3n) is 4.97. The molecule has 0 fully saturated rings. The van der Waals surface area contributed by atoms with E-state index in [1.807, 2.05) is 0 Å². The Hall–Kier alpha value is -2.49. The first-order chi connectivity index (χ1) is 15.0. The largest absolute Gasteiger partial charge is 0.496 e. The van der Waals surface area contributed by atoms with E-state index in [4.69, 9.17) is 21.9 Å². The van der Waals surface area contributed by atoms with Crippen LogP contribution >= 0.6 is 0 Å². The van der Waals surface area contributed by atoms with Gasteiger partial charge in [-0.15, -0.1) is 0 Å². The predicted octanol–water partition coefficient (Wildman–Crippen LogP) is 1.30. The molecule has 9 heteroatoms. The van der Waals surface area contributed by atoms with Crippen molar-refractivity contribution in [2.45, 2.75) is 63.5 Å². The van der Waals surface area contributed by atoms with Gasteiger partial charge >= 0.3 is 0 Å². The van der Waals surface area contributed by atoms with Gasteiger partial charge in [-0.2, -0.15) is 0 Å². The zero-order chi connectivity index (χ0) is 23.1. The van der Waals surface area contributed by atoms with E-state index in [0.717, 1.165) is 44.8 Å². The molecule has 2 amide bonds. The maximum Gasteiger partial charge on any atom is 0.255 e. The van der Waals surface area contributed by atoms with Crippen molar-refractivity contribution in [2.75, 3.05) is 25.5 Å². The van der Waals surface area contributed by atoms with E-state index < -0.39 is 18.0 Å². The van der Waals surface area contributed by atoms with Gasteiger partial charge < -0.3 is 37.4 Å². The van der Waals surface area contributed by atoms with Crippen LogP contribution in [0.1, 0.15) is 61.7 Å². The highest BCUT2D eigenvalue weighted by molar-refractivity contribution is 6.01. The highest BCUT2D eigenvalue weighted by Crippen LogP contribution is 2.23. The summed E-state index contributed by atoms with van der Waals surface area (Å²) in [5.41, 5.74) is 17.6. The van der Waals surface area contributed by atoms with Crippen LogP contribution in [0, 0.1) is 0 Å². The molecule has 0 spiro atoms. The van der Waals surface area contributed by atoms with Crippen LogP contribution in [0.25, 0.3) is 0 Å². The number of hydrogen-bond donors (Lipinski definition) is 5. The maximum atomic E-state index is 12.7. The van der Waals surface area contributed by atoms with Crippen molar-refractivity contribution in [1.29, 1.82) is 0 Å². The monoisotopic (exact) mass is 435 g/mol. The summed E-state index contributed by atoms with van der Waals surface area (Å²) in [6, 6.07) is 3.50. The van der Waals surface area contributed by atoms with Crippen LogP contribution < -0.4 is 32.6 Å². The van der Waals surface area contributed by atoms with E-state index in [9.17, 15) is 14.4 Å². The minimum Gasteiger partial charge on any atom is -0.496 e. The molecule has 0 saturated heterocycles. The SMILES string of the molecule is COc1ccc(NC(=O)[C@@H](N)CCCCCN)cc1C(=O)N[C@H](C=O)CCCCCN. The van der Waals surface area contributed by atoms with Gasteiger partial charge in [0.2, 0.25) is 5.91 Å². The second-order valence-electron chi connectivity index (χ2n) is 7.50. The predicted molar refractivity (Wildman–Crippen MR) is 122 cm³/mol. The topological polar surface area (TPSA) is 163 Å². The lowest BCUT2D eigenvalue weighted by Gasteiger charge is -2.16. The van der Waals surface area contributed by atoms with Gasteiger partial charge in [0.15, 0.2) is 0 Å². The van der Waals surface area contributed by atoms with Crippen LogP contribution in [0.15, 0.2) is 18.2 Å². The maximum absolute atomic E-state index is 12.7. The standard InChI is InChI=1S/C22H37N5O4/c1-31-20-11-10-16(26-22(30)19(25)9-5-3-7-13-24)14-18(20)21(29)27-17(15-28)8-4-2-6-12-23/h10-11,14-15,17,19H,2-9,12-13,23-25H2,1H3,(H,26,30)(H,27,29)/t17-,19-/m0/s1. The van der Waals surface area contributed by atoms with Crippen LogP contribution in [-0.4, -0.2) is 50.4 Å². The lowest BCUT2D eigenvalue weighted by atomic mass is 10.1. The summed E-state index contributed by atoms with van der Waals surface area (Å²) in [6.45, 7) is 1.22. The third kappa shape index (κ3) is 9.91. The van der Waals surface area contributed by atoms with Crippen molar-refractivity contribution >= 4 is 23.8 Å². The number of unbranched alkanes of at least 4 members (excludes halogenated alkanes) is 4. The molecule has 8 N–H and O–H groups in total. The Morgan fingerprint density at radius 2 is 1.68 bits per heavy atom. The number of nitrogens with two attached hydrogens (primary N) is 3. The van der Waals surface area contributed by atoms with Crippen LogP contribution in [0.2, 0.25) is 0 Å².